The Hall–Kier alpha value is -2.63. The van der Waals surface area contributed by atoms with Crippen molar-refractivity contribution in [3.8, 4) is 0 Å². The molecule has 0 amide bonds. The molecule has 1 saturated heterocycles. The number of benzene rings is 3. The lowest BCUT2D eigenvalue weighted by molar-refractivity contribution is 0.327. The van der Waals surface area contributed by atoms with E-state index in [1.165, 1.54) is 5.56 Å². The van der Waals surface area contributed by atoms with Crippen LogP contribution in [0, 0.1) is 6.92 Å². The quantitative estimate of drug-likeness (QED) is 0.593. The summed E-state index contributed by atoms with van der Waals surface area (Å²) >= 11 is 0. The van der Waals surface area contributed by atoms with Crippen LogP contribution in [0.1, 0.15) is 24.0 Å². The molecule has 1 fully saturated rings. The molecule has 0 unspecified atom stereocenters. The van der Waals surface area contributed by atoms with Gasteiger partial charge in [-0.25, -0.2) is 8.42 Å². The maximum atomic E-state index is 13.7. The third-order valence-electron chi connectivity index (χ3n) is 5.78. The van der Waals surface area contributed by atoms with E-state index in [1.54, 1.807) is 16.4 Å². The molecular weight excluding hydrogens is 392 g/mol. The molecule has 0 saturated carbocycles. The Bertz CT molecular complexity index is 1050. The number of rotatable bonds is 7. The Kier molecular flexibility index (Phi) is 6.21. The normalized spacial score (nSPS) is 19.6. The fourth-order valence-corrected chi connectivity index (χ4v) is 6.09. The van der Waals surface area contributed by atoms with Crippen LogP contribution in [-0.2, 0) is 16.4 Å². The predicted molar refractivity (Wildman–Crippen MR) is 122 cm³/mol. The first kappa shape index (κ1) is 20.6. The summed E-state index contributed by atoms with van der Waals surface area (Å²) in [4.78, 5) is 0.373. The molecule has 2 atom stereocenters. The molecule has 0 spiro atoms. The van der Waals surface area contributed by atoms with E-state index in [-0.39, 0.29) is 12.1 Å². The number of anilines is 1. The Balaban J connectivity index is 1.61. The van der Waals surface area contributed by atoms with Crippen LogP contribution in [0.4, 0.5) is 5.69 Å². The summed E-state index contributed by atoms with van der Waals surface area (Å²) in [5.74, 6) is 0. The highest BCUT2D eigenvalue weighted by molar-refractivity contribution is 7.89. The van der Waals surface area contributed by atoms with Gasteiger partial charge in [0.1, 0.15) is 0 Å². The molecule has 4 nitrogen and oxygen atoms in total. The number of aryl methyl sites for hydroxylation is 1. The van der Waals surface area contributed by atoms with Crippen molar-refractivity contribution in [3.05, 3.63) is 96.1 Å². The van der Waals surface area contributed by atoms with Gasteiger partial charge in [-0.3, -0.25) is 0 Å². The fourth-order valence-electron chi connectivity index (χ4n) is 4.22. The van der Waals surface area contributed by atoms with Crippen LogP contribution >= 0.6 is 0 Å². The van der Waals surface area contributed by atoms with E-state index < -0.39 is 10.0 Å². The van der Waals surface area contributed by atoms with E-state index in [4.69, 9.17) is 0 Å². The van der Waals surface area contributed by atoms with Crippen molar-refractivity contribution in [2.75, 3.05) is 11.9 Å². The fraction of sp³-hybridized carbons (Fsp3) is 0.280. The van der Waals surface area contributed by atoms with E-state index in [2.05, 4.69) is 17.4 Å². The summed E-state index contributed by atoms with van der Waals surface area (Å²) in [5.41, 5.74) is 3.23. The lowest BCUT2D eigenvalue weighted by Gasteiger charge is -2.30. The molecule has 3 aromatic carbocycles. The zero-order valence-corrected chi connectivity index (χ0v) is 18.1. The number of hydrogen-bond acceptors (Lipinski definition) is 3. The number of para-hydroxylation sites is 1. The number of sulfonamides is 1. The van der Waals surface area contributed by atoms with Gasteiger partial charge < -0.3 is 5.32 Å². The van der Waals surface area contributed by atoms with E-state index >= 15 is 0 Å². The molecule has 4 rings (SSSR count). The minimum absolute atomic E-state index is 0.0405. The molecule has 1 N–H and O–H groups in total. The second-order valence-corrected chi connectivity index (χ2v) is 9.81. The van der Waals surface area contributed by atoms with Crippen molar-refractivity contribution in [1.29, 1.82) is 0 Å². The average molecular weight is 421 g/mol. The van der Waals surface area contributed by atoms with Crippen molar-refractivity contribution in [2.45, 2.75) is 43.2 Å². The smallest absolute Gasteiger partial charge is 0.243 e. The lowest BCUT2D eigenvalue weighted by atomic mass is 10.0. The van der Waals surface area contributed by atoms with Crippen molar-refractivity contribution in [1.82, 2.24) is 4.31 Å². The van der Waals surface area contributed by atoms with E-state index in [9.17, 15) is 8.42 Å². The lowest BCUT2D eigenvalue weighted by Crippen LogP contribution is -2.44. The molecule has 3 aromatic rings. The van der Waals surface area contributed by atoms with Crippen LogP contribution in [0.2, 0.25) is 0 Å². The molecule has 0 aliphatic carbocycles. The second-order valence-electron chi connectivity index (χ2n) is 7.97. The first-order valence-corrected chi connectivity index (χ1v) is 11.9. The summed E-state index contributed by atoms with van der Waals surface area (Å²) in [7, 11) is -3.58. The zero-order valence-electron chi connectivity index (χ0n) is 17.2. The topological polar surface area (TPSA) is 49.4 Å². The van der Waals surface area contributed by atoms with Crippen molar-refractivity contribution in [2.24, 2.45) is 0 Å². The molecule has 0 bridgehead atoms. The molecule has 1 aliphatic heterocycles. The second kappa shape index (κ2) is 9.02. The van der Waals surface area contributed by atoms with Crippen molar-refractivity contribution in [3.63, 3.8) is 0 Å². The highest BCUT2D eigenvalue weighted by atomic mass is 32.2. The van der Waals surface area contributed by atoms with Gasteiger partial charge in [0.2, 0.25) is 10.0 Å². The van der Waals surface area contributed by atoms with Gasteiger partial charge in [0.15, 0.2) is 0 Å². The Morgan fingerprint density at radius 2 is 1.43 bits per heavy atom. The van der Waals surface area contributed by atoms with Gasteiger partial charge in [-0.1, -0.05) is 66.2 Å². The van der Waals surface area contributed by atoms with Gasteiger partial charge in [-0.15, -0.1) is 0 Å². The maximum Gasteiger partial charge on any atom is 0.243 e. The van der Waals surface area contributed by atoms with E-state index in [0.29, 0.717) is 11.4 Å². The summed E-state index contributed by atoms with van der Waals surface area (Å²) < 4.78 is 29.1. The minimum atomic E-state index is -3.58. The summed E-state index contributed by atoms with van der Waals surface area (Å²) in [6.07, 6.45) is 2.44. The van der Waals surface area contributed by atoms with Gasteiger partial charge in [-0.2, -0.15) is 4.31 Å². The van der Waals surface area contributed by atoms with Crippen molar-refractivity contribution < 1.29 is 8.42 Å². The van der Waals surface area contributed by atoms with Crippen LogP contribution < -0.4 is 5.32 Å². The maximum absolute atomic E-state index is 13.7. The average Bonchev–Trinajstić information content (AvgIpc) is 3.17. The molecule has 30 heavy (non-hydrogen) atoms. The molecule has 1 heterocycles. The number of nitrogens with zero attached hydrogens (tertiary/aromatic N) is 1. The standard InChI is InChI=1S/C25H28N2O2S/c1-20-12-16-25(17-13-20)30(28,29)27-23(18-21-8-4-2-5-9-21)14-15-24(27)19-26-22-10-6-3-7-11-22/h2-13,16-17,23-24,26H,14-15,18-19H2,1H3/t23-,24+/m1/s1. The highest BCUT2D eigenvalue weighted by Gasteiger charge is 2.41. The van der Waals surface area contributed by atoms with Crippen LogP contribution in [0.3, 0.4) is 0 Å². The summed E-state index contributed by atoms with van der Waals surface area (Å²) in [6.45, 7) is 2.57. The molecular formula is C25H28N2O2S. The van der Waals surface area contributed by atoms with Crippen LogP contribution in [0.15, 0.2) is 89.8 Å². The molecule has 156 valence electrons. The largest absolute Gasteiger partial charge is 0.383 e. The first-order chi connectivity index (χ1) is 14.5. The van der Waals surface area contributed by atoms with Gasteiger partial charge in [0.25, 0.3) is 0 Å². The first-order valence-electron chi connectivity index (χ1n) is 10.5. The predicted octanol–water partition coefficient (Wildman–Crippen LogP) is 4.87. The van der Waals surface area contributed by atoms with Gasteiger partial charge in [-0.05, 0) is 56.0 Å². The SMILES string of the molecule is Cc1ccc(S(=O)(=O)N2[C@@H](Cc3ccccc3)CC[C@H]2CNc2ccccc2)cc1. The Labute approximate surface area is 179 Å². The molecule has 0 aromatic heterocycles. The summed E-state index contributed by atoms with van der Waals surface area (Å²) in [5, 5.41) is 3.43. The van der Waals surface area contributed by atoms with Gasteiger partial charge >= 0.3 is 0 Å². The highest BCUT2D eigenvalue weighted by Crippen LogP contribution is 2.33. The van der Waals surface area contributed by atoms with Crippen LogP contribution in [0.5, 0.6) is 0 Å². The monoisotopic (exact) mass is 420 g/mol. The number of nitrogens with one attached hydrogen (secondary N) is 1. The molecule has 0 radical (unpaired) electrons. The number of hydrogen-bond donors (Lipinski definition) is 1. The van der Waals surface area contributed by atoms with Crippen molar-refractivity contribution >= 4 is 15.7 Å². The third kappa shape index (κ3) is 4.58. The summed E-state index contributed by atoms with van der Waals surface area (Å²) in [6, 6.07) is 27.2. The van der Waals surface area contributed by atoms with E-state index in [0.717, 1.165) is 30.5 Å². The minimum Gasteiger partial charge on any atom is -0.383 e. The third-order valence-corrected chi connectivity index (χ3v) is 7.80. The van der Waals surface area contributed by atoms with Crippen LogP contribution in [0.25, 0.3) is 0 Å². The Morgan fingerprint density at radius 1 is 0.833 bits per heavy atom. The van der Waals surface area contributed by atoms with Gasteiger partial charge in [0, 0.05) is 24.3 Å². The van der Waals surface area contributed by atoms with Gasteiger partial charge in [0.05, 0.1) is 4.90 Å². The zero-order chi connectivity index (χ0) is 21.0. The Morgan fingerprint density at radius 3 is 2.10 bits per heavy atom. The molecule has 5 heteroatoms. The van der Waals surface area contributed by atoms with E-state index in [1.807, 2.05) is 67.6 Å². The van der Waals surface area contributed by atoms with Crippen LogP contribution in [-0.4, -0.2) is 31.4 Å². The molecule has 1 aliphatic rings.